The van der Waals surface area contributed by atoms with E-state index in [0.29, 0.717) is 23.6 Å². The molecule has 0 saturated carbocycles. The van der Waals surface area contributed by atoms with Gasteiger partial charge in [0.25, 0.3) is 0 Å². The van der Waals surface area contributed by atoms with Crippen molar-refractivity contribution >= 4 is 28.2 Å². The molecule has 1 amide bonds. The van der Waals surface area contributed by atoms with Crippen LogP contribution in [0.5, 0.6) is 0 Å². The molecule has 1 aromatic heterocycles. The van der Waals surface area contributed by atoms with Crippen molar-refractivity contribution in [2.24, 2.45) is 0 Å². The zero-order valence-electron chi connectivity index (χ0n) is 32.6. The van der Waals surface area contributed by atoms with Crippen molar-refractivity contribution in [2.45, 2.75) is 207 Å². The third kappa shape index (κ3) is 22.1. The highest BCUT2D eigenvalue weighted by Crippen LogP contribution is 2.36. The highest BCUT2D eigenvalue weighted by molar-refractivity contribution is 7.17. The summed E-state index contributed by atoms with van der Waals surface area (Å²) in [5, 5.41) is 7.19. The first kappa shape index (κ1) is 44.2. The maximum atomic E-state index is 13.3. The molecule has 2 N–H and O–H groups in total. The molecule has 286 valence electrons. The van der Waals surface area contributed by atoms with Crippen LogP contribution in [0.15, 0.2) is 24.3 Å². The molecule has 0 bridgehead atoms. The topological polar surface area (TPSA) is 67.4 Å². The van der Waals surface area contributed by atoms with Crippen molar-refractivity contribution in [3.63, 3.8) is 0 Å². The number of carbonyl (C=O) groups is 2. The van der Waals surface area contributed by atoms with Crippen LogP contribution in [-0.2, 0) is 22.5 Å². The van der Waals surface area contributed by atoms with Crippen molar-refractivity contribution in [3.05, 3.63) is 40.3 Å². The summed E-state index contributed by atoms with van der Waals surface area (Å²) in [4.78, 5) is 27.3. The first-order valence-corrected chi connectivity index (χ1v) is 22.1. The number of amides is 1. The fraction of sp³-hybridized carbons (Fsp3) is 0.773. The summed E-state index contributed by atoms with van der Waals surface area (Å²) in [7, 11) is 0. The average Bonchev–Trinajstić information content (AvgIpc) is 3.48. The molecule has 5 nitrogen and oxygen atoms in total. The van der Waals surface area contributed by atoms with Crippen LogP contribution in [0, 0.1) is 0 Å². The van der Waals surface area contributed by atoms with Gasteiger partial charge >= 0.3 is 5.97 Å². The number of fused-ring (bicyclic) bond motifs is 1. The summed E-state index contributed by atoms with van der Waals surface area (Å²) in [6, 6.07) is 0. The Bertz CT molecular complexity index is 1050. The molecule has 0 aromatic carbocycles. The van der Waals surface area contributed by atoms with Gasteiger partial charge in [-0.2, -0.15) is 0 Å². The second-order valence-corrected chi connectivity index (χ2v) is 15.7. The lowest BCUT2D eigenvalue weighted by molar-refractivity contribution is -0.116. The summed E-state index contributed by atoms with van der Waals surface area (Å²) in [5.41, 5.74) is 1.68. The minimum Gasteiger partial charge on any atom is -0.462 e. The molecular weight excluding hydrogens is 637 g/mol. The Hall–Kier alpha value is -1.92. The first-order chi connectivity index (χ1) is 24.7. The summed E-state index contributed by atoms with van der Waals surface area (Å²) in [6.07, 6.45) is 44.5. The van der Waals surface area contributed by atoms with E-state index in [2.05, 4.69) is 48.8 Å². The number of esters is 1. The van der Waals surface area contributed by atoms with E-state index in [1.807, 2.05) is 0 Å². The van der Waals surface area contributed by atoms with E-state index in [-0.39, 0.29) is 11.9 Å². The van der Waals surface area contributed by atoms with Crippen LogP contribution < -0.4 is 10.6 Å². The van der Waals surface area contributed by atoms with Crippen molar-refractivity contribution in [2.75, 3.05) is 18.5 Å². The highest BCUT2D eigenvalue weighted by Gasteiger charge is 2.27. The van der Waals surface area contributed by atoms with Gasteiger partial charge in [-0.05, 0) is 63.5 Å². The van der Waals surface area contributed by atoms with Gasteiger partial charge in [0.05, 0.1) is 12.2 Å². The summed E-state index contributed by atoms with van der Waals surface area (Å²) < 4.78 is 5.77. The molecule has 6 heteroatoms. The van der Waals surface area contributed by atoms with E-state index in [4.69, 9.17) is 4.74 Å². The minimum absolute atomic E-state index is 0.0189. The van der Waals surface area contributed by atoms with Gasteiger partial charge in [0.2, 0.25) is 5.91 Å². The summed E-state index contributed by atoms with van der Waals surface area (Å²) in [6.45, 7) is 6.58. The predicted molar refractivity (Wildman–Crippen MR) is 218 cm³/mol. The Labute approximate surface area is 312 Å². The van der Waals surface area contributed by atoms with Crippen LogP contribution in [-0.4, -0.2) is 25.0 Å². The van der Waals surface area contributed by atoms with E-state index in [9.17, 15) is 9.59 Å². The number of hydrogen-bond acceptors (Lipinski definition) is 5. The van der Waals surface area contributed by atoms with Crippen molar-refractivity contribution in [3.8, 4) is 0 Å². The van der Waals surface area contributed by atoms with Gasteiger partial charge in [0, 0.05) is 17.8 Å². The lowest BCUT2D eigenvalue weighted by Gasteiger charge is -2.14. The number of allylic oxidation sites excluding steroid dienone is 4. The quantitative estimate of drug-likeness (QED) is 0.0432. The molecule has 1 aromatic rings. The number of anilines is 1. The van der Waals surface area contributed by atoms with E-state index >= 15 is 0 Å². The van der Waals surface area contributed by atoms with Crippen molar-refractivity contribution in [1.29, 1.82) is 0 Å². The zero-order chi connectivity index (χ0) is 35.7. The third-order valence-corrected chi connectivity index (χ3v) is 11.1. The van der Waals surface area contributed by atoms with Gasteiger partial charge in [0.15, 0.2) is 0 Å². The molecule has 0 unspecified atom stereocenters. The lowest BCUT2D eigenvalue weighted by Crippen LogP contribution is -2.24. The molecule has 0 saturated heterocycles. The van der Waals surface area contributed by atoms with Crippen LogP contribution in [0.4, 0.5) is 5.00 Å². The Morgan fingerprint density at radius 3 is 1.76 bits per heavy atom. The van der Waals surface area contributed by atoms with E-state index < -0.39 is 0 Å². The van der Waals surface area contributed by atoms with E-state index in [1.54, 1.807) is 11.3 Å². The fourth-order valence-electron chi connectivity index (χ4n) is 6.81. The maximum Gasteiger partial charge on any atom is 0.341 e. The first-order valence-electron chi connectivity index (χ1n) is 21.3. The number of rotatable bonds is 33. The number of unbranched alkanes of at least 4 members (excludes halogenated alkanes) is 23. The number of nitrogens with one attached hydrogen (secondary N) is 2. The second kappa shape index (κ2) is 31.8. The van der Waals surface area contributed by atoms with Gasteiger partial charge in [-0.25, -0.2) is 4.79 Å². The zero-order valence-corrected chi connectivity index (χ0v) is 33.4. The molecular formula is C44H76N2O3S. The molecule has 50 heavy (non-hydrogen) atoms. The van der Waals surface area contributed by atoms with Crippen LogP contribution >= 0.6 is 11.3 Å². The molecule has 1 aliphatic rings. The largest absolute Gasteiger partial charge is 0.462 e. The van der Waals surface area contributed by atoms with Crippen molar-refractivity contribution in [1.82, 2.24) is 5.32 Å². The third-order valence-electron chi connectivity index (χ3n) is 9.97. The lowest BCUT2D eigenvalue weighted by atomic mass is 10.0. The van der Waals surface area contributed by atoms with Gasteiger partial charge < -0.3 is 15.4 Å². The van der Waals surface area contributed by atoms with E-state index in [0.717, 1.165) is 62.1 Å². The van der Waals surface area contributed by atoms with Gasteiger partial charge in [-0.3, -0.25) is 4.79 Å². The molecule has 0 radical (unpaired) electrons. The molecule has 1 aliphatic heterocycles. The summed E-state index contributed by atoms with van der Waals surface area (Å²) in [5.74, 6) is -0.250. The number of carbonyl (C=O) groups excluding carboxylic acids is 2. The normalized spacial score (nSPS) is 13.0. The minimum atomic E-state index is -0.269. The van der Waals surface area contributed by atoms with Crippen LogP contribution in [0.2, 0.25) is 0 Å². The monoisotopic (exact) mass is 713 g/mol. The average molecular weight is 713 g/mol. The van der Waals surface area contributed by atoms with Gasteiger partial charge in [-0.1, -0.05) is 167 Å². The molecule has 0 spiro atoms. The second-order valence-electron chi connectivity index (χ2n) is 14.6. The number of ether oxygens (including phenoxy) is 1. The van der Waals surface area contributed by atoms with Crippen LogP contribution in [0.3, 0.4) is 0 Å². The maximum absolute atomic E-state index is 13.3. The Morgan fingerprint density at radius 2 is 1.16 bits per heavy atom. The van der Waals surface area contributed by atoms with Crippen molar-refractivity contribution < 1.29 is 14.3 Å². The van der Waals surface area contributed by atoms with Crippen LogP contribution in [0.1, 0.15) is 214 Å². The molecule has 0 atom stereocenters. The van der Waals surface area contributed by atoms with E-state index in [1.165, 1.54) is 141 Å². The molecule has 0 aliphatic carbocycles. The number of thiophene rings is 1. The van der Waals surface area contributed by atoms with Crippen LogP contribution in [0.25, 0.3) is 0 Å². The van der Waals surface area contributed by atoms with Gasteiger partial charge in [-0.15, -0.1) is 11.3 Å². The summed E-state index contributed by atoms with van der Waals surface area (Å²) >= 11 is 1.54. The SMILES string of the molecule is CCCCC/C=C\C/C=C\CCCCCCCCOC(=O)c1c(NC(=O)CCCCCCCCCCCCCCCCC)sc2c1CCNC2. The molecule has 2 heterocycles. The molecule has 2 rings (SSSR count). The highest BCUT2D eigenvalue weighted by atomic mass is 32.1. The predicted octanol–water partition coefficient (Wildman–Crippen LogP) is 13.6. The number of hydrogen-bond donors (Lipinski definition) is 2. The smallest absolute Gasteiger partial charge is 0.341 e. The Balaban J connectivity index is 1.54. The van der Waals surface area contributed by atoms with Gasteiger partial charge in [0.1, 0.15) is 5.00 Å². The Kier molecular flexibility index (Phi) is 28.1. The standard InChI is InChI=1S/C44H76N2O3S/c1-3-5-7-9-11-13-15-17-19-21-23-25-27-29-31-33-37-49-44(48)42-39-35-36-45-38-40(39)50-43(42)46-41(47)34-32-30-28-26-24-22-20-18-16-14-12-10-8-6-4-2/h11,13,17,19,45H,3-10,12,14-16,18,20-38H2,1-2H3,(H,46,47)/b13-11-,19-17-. The molecule has 0 fully saturated rings. The Morgan fingerprint density at radius 1 is 0.660 bits per heavy atom. The fourth-order valence-corrected chi connectivity index (χ4v) is 8.03.